The van der Waals surface area contributed by atoms with Crippen molar-refractivity contribution in [3.63, 3.8) is 0 Å². The number of aliphatic hydroxyl groups is 1. The molecular formula is C10H21NO3S. The lowest BCUT2D eigenvalue weighted by Crippen LogP contribution is -2.42. The molecule has 0 saturated carbocycles. The number of amides is 1. The maximum atomic E-state index is 11.9. The number of rotatable bonds is 7. The molecule has 0 radical (unpaired) electrons. The van der Waals surface area contributed by atoms with Gasteiger partial charge in [-0.15, -0.1) is 0 Å². The zero-order valence-electron chi connectivity index (χ0n) is 9.64. The number of hydrogen-bond donors (Lipinski definition) is 2. The van der Waals surface area contributed by atoms with Crippen LogP contribution < -0.4 is 0 Å². The molecule has 0 aliphatic carbocycles. The Hall–Kier alpha value is -0.260. The quantitative estimate of drug-likeness (QED) is 0.628. The molecule has 0 aliphatic rings. The summed E-state index contributed by atoms with van der Waals surface area (Å²) < 4.78 is 4.91. The monoisotopic (exact) mass is 235 g/mol. The molecule has 15 heavy (non-hydrogen) atoms. The summed E-state index contributed by atoms with van der Waals surface area (Å²) in [4.78, 5) is 13.4. The normalized spacial score (nSPS) is 12.9. The van der Waals surface area contributed by atoms with Crippen molar-refractivity contribution in [1.82, 2.24) is 4.90 Å². The second-order valence-corrected chi connectivity index (χ2v) is 4.29. The molecule has 0 rings (SSSR count). The van der Waals surface area contributed by atoms with E-state index in [1.54, 1.807) is 12.0 Å². The third-order valence-electron chi connectivity index (χ3n) is 2.13. The second kappa shape index (κ2) is 7.96. The zero-order chi connectivity index (χ0) is 11.8. The van der Waals surface area contributed by atoms with Gasteiger partial charge in [-0.2, -0.15) is 12.6 Å². The molecule has 0 bridgehead atoms. The molecule has 0 aliphatic heterocycles. The first-order valence-electron chi connectivity index (χ1n) is 5.11. The number of carbonyl (C=O) groups excluding carboxylic acids is 1. The van der Waals surface area contributed by atoms with Crippen LogP contribution in [0.15, 0.2) is 0 Å². The van der Waals surface area contributed by atoms with Crippen LogP contribution in [0.1, 0.15) is 13.8 Å². The third kappa shape index (κ3) is 5.39. The van der Waals surface area contributed by atoms with Crippen LogP contribution in [0, 0.1) is 5.92 Å². The fraction of sp³-hybridized carbons (Fsp3) is 0.900. The van der Waals surface area contributed by atoms with Gasteiger partial charge in [0.15, 0.2) is 0 Å². The van der Waals surface area contributed by atoms with Crippen molar-refractivity contribution < 1.29 is 14.6 Å². The Kier molecular flexibility index (Phi) is 7.82. The summed E-state index contributed by atoms with van der Waals surface area (Å²) in [6.45, 7) is 5.18. The molecule has 0 saturated heterocycles. The minimum absolute atomic E-state index is 0.0337. The van der Waals surface area contributed by atoms with Gasteiger partial charge in [0, 0.05) is 20.2 Å². The molecule has 0 spiro atoms. The van der Waals surface area contributed by atoms with Gasteiger partial charge in [-0.3, -0.25) is 4.79 Å². The van der Waals surface area contributed by atoms with Gasteiger partial charge in [0.1, 0.15) is 0 Å². The first-order valence-corrected chi connectivity index (χ1v) is 5.62. The van der Waals surface area contributed by atoms with Crippen LogP contribution in [-0.2, 0) is 9.53 Å². The summed E-state index contributed by atoms with van der Waals surface area (Å²) in [5.74, 6) is 0.143. The Morgan fingerprint density at radius 3 is 2.47 bits per heavy atom. The fourth-order valence-electron chi connectivity index (χ4n) is 1.13. The van der Waals surface area contributed by atoms with Gasteiger partial charge < -0.3 is 14.7 Å². The van der Waals surface area contributed by atoms with Crippen LogP contribution in [0.2, 0.25) is 0 Å². The summed E-state index contributed by atoms with van der Waals surface area (Å²) >= 11 is 4.26. The molecule has 0 fully saturated rings. The maximum Gasteiger partial charge on any atom is 0.235 e. The number of carbonyl (C=O) groups is 1. The molecular weight excluding hydrogens is 214 g/mol. The molecule has 1 amide bonds. The average molecular weight is 235 g/mol. The van der Waals surface area contributed by atoms with Crippen molar-refractivity contribution in [2.75, 3.05) is 33.4 Å². The van der Waals surface area contributed by atoms with E-state index in [4.69, 9.17) is 9.84 Å². The highest BCUT2D eigenvalue weighted by Crippen LogP contribution is 2.12. The molecule has 5 heteroatoms. The molecule has 0 aromatic rings. The van der Waals surface area contributed by atoms with E-state index in [0.717, 1.165) is 0 Å². The minimum atomic E-state index is -0.312. The molecule has 1 atom stereocenters. The Labute approximate surface area is 97.0 Å². The van der Waals surface area contributed by atoms with Gasteiger partial charge in [-0.1, -0.05) is 13.8 Å². The summed E-state index contributed by atoms with van der Waals surface area (Å²) in [5.41, 5.74) is 0. The summed E-state index contributed by atoms with van der Waals surface area (Å²) in [6.07, 6.45) is 0. The first kappa shape index (κ1) is 14.7. The molecule has 1 unspecified atom stereocenters. The number of nitrogens with zero attached hydrogens (tertiary/aromatic N) is 1. The summed E-state index contributed by atoms with van der Waals surface area (Å²) in [5, 5.41) is 8.53. The van der Waals surface area contributed by atoms with E-state index < -0.39 is 0 Å². The van der Waals surface area contributed by atoms with Gasteiger partial charge in [-0.25, -0.2) is 0 Å². The van der Waals surface area contributed by atoms with Crippen LogP contribution >= 0.6 is 12.6 Å². The van der Waals surface area contributed by atoms with E-state index in [9.17, 15) is 4.79 Å². The average Bonchev–Trinajstić information content (AvgIpc) is 2.22. The molecule has 4 nitrogen and oxygen atoms in total. The van der Waals surface area contributed by atoms with E-state index in [1.807, 2.05) is 13.8 Å². The molecule has 0 heterocycles. The predicted octanol–water partition coefficient (Wildman–Crippen LogP) is 0.408. The lowest BCUT2D eigenvalue weighted by molar-refractivity contribution is -0.132. The Morgan fingerprint density at radius 2 is 2.07 bits per heavy atom. The smallest absolute Gasteiger partial charge is 0.235 e. The van der Waals surface area contributed by atoms with Crippen LogP contribution in [0.25, 0.3) is 0 Å². The largest absolute Gasteiger partial charge is 0.395 e. The van der Waals surface area contributed by atoms with Crippen molar-refractivity contribution in [2.24, 2.45) is 5.92 Å². The van der Waals surface area contributed by atoms with E-state index >= 15 is 0 Å². The topological polar surface area (TPSA) is 49.8 Å². The fourth-order valence-corrected chi connectivity index (χ4v) is 1.29. The van der Waals surface area contributed by atoms with Crippen molar-refractivity contribution >= 4 is 18.5 Å². The standard InChI is InChI=1S/C10H21NO3S/c1-8(2)9(15)10(13)11(4-6-12)5-7-14-3/h8-9,12,15H,4-7H2,1-3H3. The van der Waals surface area contributed by atoms with Gasteiger partial charge in [0.2, 0.25) is 5.91 Å². The van der Waals surface area contributed by atoms with Crippen LogP contribution in [0.5, 0.6) is 0 Å². The van der Waals surface area contributed by atoms with Crippen molar-refractivity contribution in [3.05, 3.63) is 0 Å². The SMILES string of the molecule is COCCN(CCO)C(=O)C(S)C(C)C. The van der Waals surface area contributed by atoms with Gasteiger partial charge >= 0.3 is 0 Å². The lowest BCUT2D eigenvalue weighted by Gasteiger charge is -2.26. The first-order chi connectivity index (χ1) is 7.04. The Balaban J connectivity index is 4.26. The minimum Gasteiger partial charge on any atom is -0.395 e. The number of ether oxygens (including phenoxy) is 1. The number of methoxy groups -OCH3 is 1. The predicted molar refractivity (Wildman–Crippen MR) is 63.2 cm³/mol. The summed E-state index contributed by atoms with van der Waals surface area (Å²) in [6, 6.07) is 0. The van der Waals surface area contributed by atoms with Gasteiger partial charge in [0.25, 0.3) is 0 Å². The van der Waals surface area contributed by atoms with Crippen LogP contribution in [0.4, 0.5) is 0 Å². The second-order valence-electron chi connectivity index (χ2n) is 3.73. The highest BCUT2D eigenvalue weighted by Gasteiger charge is 2.23. The number of hydrogen-bond acceptors (Lipinski definition) is 4. The van der Waals surface area contributed by atoms with Crippen molar-refractivity contribution in [1.29, 1.82) is 0 Å². The van der Waals surface area contributed by atoms with Gasteiger partial charge in [-0.05, 0) is 5.92 Å². The van der Waals surface area contributed by atoms with E-state index in [2.05, 4.69) is 12.6 Å². The molecule has 90 valence electrons. The third-order valence-corrected chi connectivity index (χ3v) is 2.95. The van der Waals surface area contributed by atoms with Crippen molar-refractivity contribution in [3.8, 4) is 0 Å². The highest BCUT2D eigenvalue weighted by molar-refractivity contribution is 7.81. The van der Waals surface area contributed by atoms with Gasteiger partial charge in [0.05, 0.1) is 18.5 Å². The van der Waals surface area contributed by atoms with E-state index in [1.165, 1.54) is 0 Å². The Morgan fingerprint density at radius 1 is 1.47 bits per heavy atom. The lowest BCUT2D eigenvalue weighted by atomic mass is 10.1. The van der Waals surface area contributed by atoms with Crippen LogP contribution in [0.3, 0.4) is 0 Å². The maximum absolute atomic E-state index is 11.9. The number of thiol groups is 1. The summed E-state index contributed by atoms with van der Waals surface area (Å²) in [7, 11) is 1.59. The Bertz CT molecular complexity index is 188. The molecule has 0 aromatic carbocycles. The van der Waals surface area contributed by atoms with Crippen molar-refractivity contribution in [2.45, 2.75) is 19.1 Å². The molecule has 0 aromatic heterocycles. The number of aliphatic hydroxyl groups excluding tert-OH is 1. The van der Waals surface area contributed by atoms with Crippen LogP contribution in [-0.4, -0.2) is 54.6 Å². The molecule has 1 N–H and O–H groups in total. The highest BCUT2D eigenvalue weighted by atomic mass is 32.1. The van der Waals surface area contributed by atoms with E-state index in [0.29, 0.717) is 19.7 Å². The van der Waals surface area contributed by atoms with E-state index in [-0.39, 0.29) is 23.7 Å². The zero-order valence-corrected chi connectivity index (χ0v) is 10.5.